The standard InChI is InChI=1S/C25H21IN4O/c1-15-8-10-20(26)23(12-15)29-27-21-13-17(3)22(14-16(21)2)28-30-25-19-7-5-4-6-18(19)9-11-24(25)31/h4-14,31H,1-3H3. The minimum Gasteiger partial charge on any atom is -0.506 e. The Labute approximate surface area is 194 Å². The number of benzene rings is 4. The normalized spacial score (nSPS) is 11.7. The van der Waals surface area contributed by atoms with Crippen LogP contribution < -0.4 is 0 Å². The lowest BCUT2D eigenvalue weighted by molar-refractivity contribution is 0.477. The zero-order valence-corrected chi connectivity index (χ0v) is 19.6. The molecule has 0 aromatic heterocycles. The molecule has 0 heterocycles. The van der Waals surface area contributed by atoms with Crippen LogP contribution in [0.4, 0.5) is 22.7 Å². The summed E-state index contributed by atoms with van der Waals surface area (Å²) in [5.41, 5.74) is 5.88. The van der Waals surface area contributed by atoms with E-state index in [1.165, 1.54) is 0 Å². The van der Waals surface area contributed by atoms with Gasteiger partial charge in [0.2, 0.25) is 0 Å². The largest absolute Gasteiger partial charge is 0.506 e. The number of rotatable bonds is 4. The molecule has 0 unspecified atom stereocenters. The molecule has 0 fully saturated rings. The summed E-state index contributed by atoms with van der Waals surface area (Å²) in [6.07, 6.45) is 0. The summed E-state index contributed by atoms with van der Waals surface area (Å²) in [7, 11) is 0. The van der Waals surface area contributed by atoms with Crippen molar-refractivity contribution in [1.82, 2.24) is 0 Å². The first-order valence-electron chi connectivity index (χ1n) is 9.84. The number of aromatic hydroxyl groups is 1. The van der Waals surface area contributed by atoms with E-state index in [1.54, 1.807) is 6.07 Å². The van der Waals surface area contributed by atoms with Gasteiger partial charge in [-0.05, 0) is 95.8 Å². The third kappa shape index (κ3) is 4.64. The van der Waals surface area contributed by atoms with E-state index in [4.69, 9.17) is 0 Å². The van der Waals surface area contributed by atoms with Gasteiger partial charge in [-0.1, -0.05) is 36.4 Å². The fraction of sp³-hybridized carbons (Fsp3) is 0.120. The highest BCUT2D eigenvalue weighted by molar-refractivity contribution is 14.1. The number of fused-ring (bicyclic) bond motifs is 1. The van der Waals surface area contributed by atoms with Crippen LogP contribution >= 0.6 is 22.6 Å². The van der Waals surface area contributed by atoms with Crippen molar-refractivity contribution < 1.29 is 5.11 Å². The highest BCUT2D eigenvalue weighted by atomic mass is 127. The van der Waals surface area contributed by atoms with Crippen molar-refractivity contribution in [2.45, 2.75) is 20.8 Å². The summed E-state index contributed by atoms with van der Waals surface area (Å²) in [5.74, 6) is 0.106. The molecule has 0 aliphatic rings. The summed E-state index contributed by atoms with van der Waals surface area (Å²) in [6, 6.07) is 21.3. The first-order chi connectivity index (χ1) is 14.9. The molecular weight excluding hydrogens is 499 g/mol. The minimum atomic E-state index is 0.106. The average Bonchev–Trinajstić information content (AvgIpc) is 2.76. The van der Waals surface area contributed by atoms with E-state index < -0.39 is 0 Å². The molecule has 6 heteroatoms. The molecule has 31 heavy (non-hydrogen) atoms. The zero-order chi connectivity index (χ0) is 22.0. The smallest absolute Gasteiger partial charge is 0.143 e. The van der Waals surface area contributed by atoms with Crippen molar-refractivity contribution in [3.05, 3.63) is 87.0 Å². The molecule has 1 N–H and O–H groups in total. The number of hydrogen-bond acceptors (Lipinski definition) is 5. The van der Waals surface area contributed by atoms with Gasteiger partial charge in [0.25, 0.3) is 0 Å². The molecule has 0 aliphatic carbocycles. The topological polar surface area (TPSA) is 69.7 Å². The van der Waals surface area contributed by atoms with Crippen molar-refractivity contribution in [3.8, 4) is 5.75 Å². The second-order valence-corrected chi connectivity index (χ2v) is 8.60. The number of aryl methyl sites for hydroxylation is 3. The van der Waals surface area contributed by atoms with E-state index in [0.717, 1.165) is 48.1 Å². The quantitative estimate of drug-likeness (QED) is 0.212. The monoisotopic (exact) mass is 520 g/mol. The third-order valence-electron chi connectivity index (χ3n) is 5.02. The number of halogens is 1. The lowest BCUT2D eigenvalue weighted by Crippen LogP contribution is -1.81. The molecule has 4 rings (SSSR count). The number of phenols is 1. The van der Waals surface area contributed by atoms with Gasteiger partial charge in [-0.2, -0.15) is 10.2 Å². The van der Waals surface area contributed by atoms with Crippen molar-refractivity contribution >= 4 is 56.1 Å². The summed E-state index contributed by atoms with van der Waals surface area (Å²) in [6.45, 7) is 5.98. The fourth-order valence-corrected chi connectivity index (χ4v) is 3.70. The first-order valence-corrected chi connectivity index (χ1v) is 10.9. The van der Waals surface area contributed by atoms with Gasteiger partial charge in [0.1, 0.15) is 11.4 Å². The first kappa shape index (κ1) is 21.1. The van der Waals surface area contributed by atoms with Crippen molar-refractivity contribution in [3.63, 3.8) is 0 Å². The van der Waals surface area contributed by atoms with E-state index in [9.17, 15) is 5.11 Å². The Morgan fingerprint density at radius 2 is 1.32 bits per heavy atom. The molecule has 0 saturated heterocycles. The summed E-state index contributed by atoms with van der Waals surface area (Å²) >= 11 is 2.26. The molecule has 0 aliphatic heterocycles. The Hall–Kier alpha value is -3.13. The van der Waals surface area contributed by atoms with Crippen LogP contribution in [-0.4, -0.2) is 5.11 Å². The molecule has 0 saturated carbocycles. The maximum Gasteiger partial charge on any atom is 0.143 e. The predicted octanol–water partition coefficient (Wildman–Crippen LogP) is 8.91. The van der Waals surface area contributed by atoms with Crippen molar-refractivity contribution in [1.29, 1.82) is 0 Å². The van der Waals surface area contributed by atoms with Gasteiger partial charge in [0.15, 0.2) is 0 Å². The van der Waals surface area contributed by atoms with E-state index in [-0.39, 0.29) is 5.75 Å². The van der Waals surface area contributed by atoms with Gasteiger partial charge in [0, 0.05) is 8.96 Å². The molecule has 154 valence electrons. The van der Waals surface area contributed by atoms with Gasteiger partial charge >= 0.3 is 0 Å². The Kier molecular flexibility index (Phi) is 6.08. The average molecular weight is 520 g/mol. The van der Waals surface area contributed by atoms with Gasteiger partial charge in [0.05, 0.1) is 17.1 Å². The number of azo groups is 2. The van der Waals surface area contributed by atoms with E-state index in [1.807, 2.05) is 75.4 Å². The van der Waals surface area contributed by atoms with Crippen molar-refractivity contribution in [2.24, 2.45) is 20.5 Å². The van der Waals surface area contributed by atoms with Crippen LogP contribution in [0.3, 0.4) is 0 Å². The highest BCUT2D eigenvalue weighted by Crippen LogP contribution is 2.37. The highest BCUT2D eigenvalue weighted by Gasteiger charge is 2.08. The number of phenolic OH excluding ortho intramolecular Hbond substituents is 1. The lowest BCUT2D eigenvalue weighted by atomic mass is 10.1. The number of nitrogens with zero attached hydrogens (tertiary/aromatic N) is 4. The van der Waals surface area contributed by atoms with Crippen LogP contribution in [0.5, 0.6) is 5.75 Å². The molecule has 0 bridgehead atoms. The predicted molar refractivity (Wildman–Crippen MR) is 134 cm³/mol. The fourth-order valence-electron chi connectivity index (χ4n) is 3.26. The van der Waals surface area contributed by atoms with Crippen LogP contribution in [0, 0.1) is 24.3 Å². The molecular formula is C25H21IN4O. The van der Waals surface area contributed by atoms with Crippen molar-refractivity contribution in [2.75, 3.05) is 0 Å². The lowest BCUT2D eigenvalue weighted by Gasteiger charge is -2.06. The van der Waals surface area contributed by atoms with Crippen LogP contribution in [0.2, 0.25) is 0 Å². The zero-order valence-electron chi connectivity index (χ0n) is 17.5. The maximum atomic E-state index is 10.3. The third-order valence-corrected chi connectivity index (χ3v) is 5.93. The Balaban J connectivity index is 1.66. The maximum absolute atomic E-state index is 10.3. The molecule has 0 atom stereocenters. The second-order valence-electron chi connectivity index (χ2n) is 7.43. The molecule has 0 amide bonds. The Morgan fingerprint density at radius 3 is 2.06 bits per heavy atom. The molecule has 5 nitrogen and oxygen atoms in total. The van der Waals surface area contributed by atoms with Gasteiger partial charge < -0.3 is 5.11 Å². The van der Waals surface area contributed by atoms with Crippen LogP contribution in [0.15, 0.2) is 87.2 Å². The van der Waals surface area contributed by atoms with E-state index >= 15 is 0 Å². The van der Waals surface area contributed by atoms with E-state index in [0.29, 0.717) is 5.69 Å². The minimum absolute atomic E-state index is 0.106. The molecule has 0 radical (unpaired) electrons. The summed E-state index contributed by atoms with van der Waals surface area (Å²) < 4.78 is 1.06. The molecule has 4 aromatic rings. The van der Waals surface area contributed by atoms with Crippen LogP contribution in [0.25, 0.3) is 10.8 Å². The van der Waals surface area contributed by atoms with E-state index in [2.05, 4.69) is 49.1 Å². The second kappa shape index (κ2) is 8.93. The Morgan fingerprint density at radius 1 is 0.677 bits per heavy atom. The SMILES string of the molecule is Cc1ccc(I)c(N=Nc2cc(C)c(N=Nc3c(O)ccc4ccccc34)cc2C)c1. The Bertz CT molecular complexity index is 1350. The molecule has 4 aromatic carbocycles. The van der Waals surface area contributed by atoms with Crippen LogP contribution in [-0.2, 0) is 0 Å². The molecule has 0 spiro atoms. The van der Waals surface area contributed by atoms with Gasteiger partial charge in [-0.25, -0.2) is 0 Å². The number of hydrogen-bond donors (Lipinski definition) is 1. The summed E-state index contributed by atoms with van der Waals surface area (Å²) in [4.78, 5) is 0. The summed E-state index contributed by atoms with van der Waals surface area (Å²) in [5, 5.41) is 29.9. The van der Waals surface area contributed by atoms with Gasteiger partial charge in [-0.15, -0.1) is 10.2 Å². The van der Waals surface area contributed by atoms with Gasteiger partial charge in [-0.3, -0.25) is 0 Å². The van der Waals surface area contributed by atoms with Crippen LogP contribution in [0.1, 0.15) is 16.7 Å².